The summed E-state index contributed by atoms with van der Waals surface area (Å²) in [5, 5.41) is 40.4. The van der Waals surface area contributed by atoms with E-state index in [0.29, 0.717) is 98.7 Å². The van der Waals surface area contributed by atoms with Crippen molar-refractivity contribution in [3.05, 3.63) is 110 Å². The molecule has 15 heteroatoms. The fourth-order valence-corrected chi connectivity index (χ4v) is 10.1. The molecule has 67 heavy (non-hydrogen) atoms. The molecule has 0 fully saturated rings. The minimum absolute atomic E-state index is 0.0673. The van der Waals surface area contributed by atoms with Crippen LogP contribution in [0.15, 0.2) is 54.6 Å². The Bertz CT molecular complexity index is 2460. The van der Waals surface area contributed by atoms with Gasteiger partial charge in [0.15, 0.2) is 23.0 Å². The molecule has 4 atom stereocenters. The number of nitrogens with zero attached hydrogens (tertiary/aromatic N) is 2. The second kappa shape index (κ2) is 22.8. The van der Waals surface area contributed by atoms with Crippen LogP contribution < -0.4 is 23.7 Å². The lowest BCUT2D eigenvalue weighted by atomic mass is 9.82. The molecule has 0 bridgehead atoms. The van der Waals surface area contributed by atoms with Crippen molar-refractivity contribution in [3.8, 4) is 40.6 Å². The lowest BCUT2D eigenvalue weighted by Crippen LogP contribution is -2.53. The molecule has 4 aromatic carbocycles. The third-order valence-electron chi connectivity index (χ3n) is 13.7. The molecule has 0 aliphatic carbocycles. The SMILES string of the molecule is COc1ccc(C2c3cc(OC)c(OC)cc3CC[N+]2(C)CCCOC(=O)C#CC(=O)OCCC[N+]2(C)CCc3cc(CO)c(CO)c(OC)c3C2Cc2ccc(CO)c(CO)c2)cc1OC. The normalized spacial score (nSPS) is 19.5. The Morgan fingerprint density at radius 3 is 1.79 bits per heavy atom. The Labute approximate surface area is 393 Å². The number of ether oxygens (including phenoxy) is 7. The summed E-state index contributed by atoms with van der Waals surface area (Å²) in [7, 11) is 12.4. The molecule has 2 aliphatic rings. The Morgan fingerprint density at radius 1 is 0.612 bits per heavy atom. The first-order valence-electron chi connectivity index (χ1n) is 22.6. The van der Waals surface area contributed by atoms with Crippen LogP contribution in [-0.4, -0.2) is 130 Å². The molecule has 0 saturated heterocycles. The molecule has 4 unspecified atom stereocenters. The van der Waals surface area contributed by atoms with Crippen LogP contribution in [0.4, 0.5) is 0 Å². The molecule has 4 N–H and O–H groups in total. The fraction of sp³-hybridized carbons (Fsp3) is 0.462. The summed E-state index contributed by atoms with van der Waals surface area (Å²) >= 11 is 0. The summed E-state index contributed by atoms with van der Waals surface area (Å²) in [6.07, 6.45) is 3.06. The van der Waals surface area contributed by atoms with E-state index in [9.17, 15) is 30.0 Å². The Kier molecular flexibility index (Phi) is 17.2. The maximum absolute atomic E-state index is 12.8. The van der Waals surface area contributed by atoms with Crippen molar-refractivity contribution in [1.29, 1.82) is 0 Å². The minimum Gasteiger partial charge on any atom is -0.496 e. The van der Waals surface area contributed by atoms with E-state index in [1.165, 1.54) is 0 Å². The number of esters is 2. The molecule has 0 radical (unpaired) electrons. The smallest absolute Gasteiger partial charge is 0.384 e. The zero-order chi connectivity index (χ0) is 48.3. The number of rotatable bonds is 20. The van der Waals surface area contributed by atoms with Crippen LogP contribution in [0.25, 0.3) is 0 Å². The number of carbonyl (C=O) groups excluding carboxylic acids is 2. The molecular weight excluding hydrogens is 861 g/mol. The van der Waals surface area contributed by atoms with Crippen molar-refractivity contribution in [1.82, 2.24) is 0 Å². The highest BCUT2D eigenvalue weighted by Gasteiger charge is 2.43. The quantitative estimate of drug-likeness (QED) is 0.0317. The van der Waals surface area contributed by atoms with Gasteiger partial charge in [0.25, 0.3) is 0 Å². The number of fused-ring (bicyclic) bond motifs is 2. The van der Waals surface area contributed by atoms with Gasteiger partial charge in [0.1, 0.15) is 17.8 Å². The first-order chi connectivity index (χ1) is 32.3. The third kappa shape index (κ3) is 11.1. The van der Waals surface area contributed by atoms with Gasteiger partial charge in [-0.15, -0.1) is 0 Å². The number of hydrogen-bond donors (Lipinski definition) is 4. The van der Waals surface area contributed by atoms with Crippen molar-refractivity contribution in [2.75, 3.05) is 89.0 Å². The number of aliphatic hydroxyl groups excluding tert-OH is 4. The molecule has 0 amide bonds. The van der Waals surface area contributed by atoms with E-state index in [-0.39, 0.29) is 51.7 Å². The van der Waals surface area contributed by atoms with E-state index in [1.54, 1.807) is 35.5 Å². The average Bonchev–Trinajstić information content (AvgIpc) is 3.35. The van der Waals surface area contributed by atoms with Gasteiger partial charge >= 0.3 is 11.9 Å². The highest BCUT2D eigenvalue weighted by molar-refractivity contribution is 5.98. The monoisotopic (exact) mass is 926 g/mol. The lowest BCUT2D eigenvalue weighted by molar-refractivity contribution is -0.941. The third-order valence-corrected chi connectivity index (χ3v) is 13.7. The Morgan fingerprint density at radius 2 is 1.19 bits per heavy atom. The predicted octanol–water partition coefficient (Wildman–Crippen LogP) is 4.65. The highest BCUT2D eigenvalue weighted by Crippen LogP contribution is 2.47. The maximum Gasteiger partial charge on any atom is 0.384 e. The van der Waals surface area contributed by atoms with Crippen LogP contribution in [0.3, 0.4) is 0 Å². The van der Waals surface area contributed by atoms with Crippen molar-refractivity contribution in [2.24, 2.45) is 0 Å². The average molecular weight is 927 g/mol. The Hall–Kier alpha value is -5.86. The summed E-state index contributed by atoms with van der Waals surface area (Å²) in [5.74, 6) is 6.02. The predicted molar refractivity (Wildman–Crippen MR) is 249 cm³/mol. The number of likely N-dealkylation sites (N-methyl/N-ethyl adjacent to an activating group) is 2. The van der Waals surface area contributed by atoms with E-state index in [4.69, 9.17) is 33.2 Å². The number of methoxy groups -OCH3 is 5. The van der Waals surface area contributed by atoms with Crippen molar-refractivity contribution in [3.63, 3.8) is 0 Å². The molecule has 15 nitrogen and oxygen atoms in total. The highest BCUT2D eigenvalue weighted by atomic mass is 16.5. The van der Waals surface area contributed by atoms with Crippen molar-refractivity contribution >= 4 is 11.9 Å². The maximum atomic E-state index is 12.8. The van der Waals surface area contributed by atoms with Crippen LogP contribution >= 0.6 is 0 Å². The van der Waals surface area contributed by atoms with Gasteiger partial charge < -0.3 is 62.6 Å². The first-order valence-corrected chi connectivity index (χ1v) is 22.6. The number of benzene rings is 4. The molecule has 4 aromatic rings. The number of aliphatic hydroxyl groups is 4. The van der Waals surface area contributed by atoms with Crippen molar-refractivity contribution < 1.29 is 72.1 Å². The Balaban J connectivity index is 1.08. The van der Waals surface area contributed by atoms with Gasteiger partial charge in [-0.3, -0.25) is 0 Å². The van der Waals surface area contributed by atoms with E-state index < -0.39 is 11.9 Å². The van der Waals surface area contributed by atoms with Crippen LogP contribution in [0.1, 0.15) is 80.6 Å². The van der Waals surface area contributed by atoms with Crippen LogP contribution in [0.2, 0.25) is 0 Å². The first kappa shape index (κ1) is 50.6. The summed E-state index contributed by atoms with van der Waals surface area (Å²) in [6.45, 7) is 2.03. The molecule has 0 saturated carbocycles. The summed E-state index contributed by atoms with van der Waals surface area (Å²) in [4.78, 5) is 25.5. The number of quaternary nitrogens is 2. The molecule has 360 valence electrons. The minimum atomic E-state index is -0.832. The van der Waals surface area contributed by atoms with E-state index in [2.05, 4.69) is 25.9 Å². The van der Waals surface area contributed by atoms with Crippen molar-refractivity contribution in [2.45, 2.75) is 70.6 Å². The summed E-state index contributed by atoms with van der Waals surface area (Å²) in [6, 6.07) is 17.4. The van der Waals surface area contributed by atoms with Gasteiger partial charge in [-0.25, -0.2) is 9.59 Å². The summed E-state index contributed by atoms with van der Waals surface area (Å²) in [5.41, 5.74) is 8.65. The second-order valence-corrected chi connectivity index (χ2v) is 17.6. The standard InChI is InChI=1S/C52H66N2O13/c1-53(20-17-36-26-40(32-57)42(33-58)52(65-7)50(36)43(53)25-34-10-11-38(30-55)39(24-34)31-56)18-8-22-66-48(59)14-15-49(60)67-23-9-19-54(2)21-16-35-27-46(63-5)47(64-6)29-41(35)51(54)37-12-13-44(61-3)45(28-37)62-4/h10-13,24,26-29,43,51,55-58H,8-9,16-23,25,30-33H2,1-7H3/q+2. The van der Waals surface area contributed by atoms with E-state index in [1.807, 2.05) is 54.6 Å². The van der Waals surface area contributed by atoms with Gasteiger partial charge in [0, 0.05) is 60.6 Å². The van der Waals surface area contributed by atoms with Gasteiger partial charge in [-0.1, -0.05) is 24.3 Å². The van der Waals surface area contributed by atoms with Gasteiger partial charge in [0.05, 0.1) is 121 Å². The largest absolute Gasteiger partial charge is 0.496 e. The van der Waals surface area contributed by atoms with E-state index in [0.717, 1.165) is 52.9 Å². The number of hydrogen-bond acceptors (Lipinski definition) is 13. The molecule has 2 aliphatic heterocycles. The topological polar surface area (TPSA) is 180 Å². The van der Waals surface area contributed by atoms with Crippen LogP contribution in [0, 0.1) is 11.8 Å². The van der Waals surface area contributed by atoms with Gasteiger partial charge in [-0.05, 0) is 63.7 Å². The molecular formula is C52H66N2O13+2. The van der Waals surface area contributed by atoms with Crippen LogP contribution in [-0.2, 0) is 64.8 Å². The van der Waals surface area contributed by atoms with Crippen LogP contribution in [0.5, 0.6) is 28.7 Å². The number of carbonyl (C=O) groups is 2. The summed E-state index contributed by atoms with van der Waals surface area (Å²) < 4.78 is 40.6. The zero-order valence-corrected chi connectivity index (χ0v) is 39.8. The van der Waals surface area contributed by atoms with Gasteiger partial charge in [-0.2, -0.15) is 0 Å². The fourth-order valence-electron chi connectivity index (χ4n) is 10.1. The lowest BCUT2D eigenvalue weighted by Gasteiger charge is -2.46. The molecule has 0 spiro atoms. The van der Waals surface area contributed by atoms with Gasteiger partial charge in [0.2, 0.25) is 0 Å². The molecule has 0 aromatic heterocycles. The zero-order valence-electron chi connectivity index (χ0n) is 39.8. The van der Waals surface area contributed by atoms with E-state index >= 15 is 0 Å². The molecule has 2 heterocycles. The molecule has 6 rings (SSSR count). The second-order valence-electron chi connectivity index (χ2n) is 17.6.